The molecular weight excluding hydrogens is 300 g/mol. The highest BCUT2D eigenvalue weighted by Gasteiger charge is 2.07. The van der Waals surface area contributed by atoms with Crippen molar-refractivity contribution in [2.45, 2.75) is 19.9 Å². The molecule has 0 spiro atoms. The van der Waals surface area contributed by atoms with E-state index in [0.717, 1.165) is 23.3 Å². The lowest BCUT2D eigenvalue weighted by Crippen LogP contribution is -2.04. The van der Waals surface area contributed by atoms with Gasteiger partial charge in [-0.3, -0.25) is 0 Å². The van der Waals surface area contributed by atoms with Crippen molar-refractivity contribution in [1.82, 2.24) is 9.97 Å². The van der Waals surface area contributed by atoms with Gasteiger partial charge in [0.05, 0.1) is 6.54 Å². The van der Waals surface area contributed by atoms with E-state index in [1.807, 2.05) is 0 Å². The Morgan fingerprint density at radius 3 is 3.06 bits per heavy atom. The van der Waals surface area contributed by atoms with Crippen molar-refractivity contribution in [2.24, 2.45) is 0 Å². The Bertz CT molecular complexity index is 512. The predicted molar refractivity (Wildman–Crippen MR) is 75.2 cm³/mol. The van der Waals surface area contributed by atoms with E-state index in [2.05, 4.69) is 49.6 Å². The maximum absolute atomic E-state index is 5.69. The first-order chi connectivity index (χ1) is 8.22. The third-order valence-electron chi connectivity index (χ3n) is 2.45. The van der Waals surface area contributed by atoms with Crippen LogP contribution < -0.4 is 11.1 Å². The van der Waals surface area contributed by atoms with Crippen molar-refractivity contribution in [2.75, 3.05) is 11.1 Å². The third-order valence-corrected chi connectivity index (χ3v) is 4.20. The summed E-state index contributed by atoms with van der Waals surface area (Å²) in [6, 6.07) is 2.16. The normalized spacial score (nSPS) is 10.5. The molecule has 0 amide bonds. The summed E-state index contributed by atoms with van der Waals surface area (Å²) in [5.74, 6) is 1.18. The van der Waals surface area contributed by atoms with Gasteiger partial charge in [-0.15, -0.1) is 11.3 Å². The van der Waals surface area contributed by atoms with Crippen LogP contribution in [0.4, 0.5) is 11.6 Å². The van der Waals surface area contributed by atoms with Gasteiger partial charge in [0.2, 0.25) is 0 Å². The second-order valence-electron chi connectivity index (χ2n) is 3.50. The van der Waals surface area contributed by atoms with Crippen LogP contribution >= 0.6 is 27.3 Å². The van der Waals surface area contributed by atoms with Gasteiger partial charge in [-0.1, -0.05) is 6.92 Å². The molecule has 6 heteroatoms. The molecule has 2 heterocycles. The van der Waals surface area contributed by atoms with Gasteiger partial charge in [0, 0.05) is 4.88 Å². The maximum Gasteiger partial charge on any atom is 0.146 e. The average Bonchev–Trinajstić information content (AvgIpc) is 2.78. The first-order valence-electron chi connectivity index (χ1n) is 5.27. The molecular formula is C11H13BrN4S. The molecule has 0 atom stereocenters. The number of thiophene rings is 1. The molecule has 17 heavy (non-hydrogen) atoms. The number of rotatable bonds is 4. The molecule has 2 aromatic heterocycles. The van der Waals surface area contributed by atoms with Crippen LogP contribution in [0.5, 0.6) is 0 Å². The molecule has 2 aromatic rings. The van der Waals surface area contributed by atoms with Gasteiger partial charge in [-0.25, -0.2) is 9.97 Å². The molecule has 0 saturated carbocycles. The zero-order valence-corrected chi connectivity index (χ0v) is 11.8. The number of aromatic nitrogens is 2. The summed E-state index contributed by atoms with van der Waals surface area (Å²) < 4.78 is 0.717. The quantitative estimate of drug-likeness (QED) is 0.910. The van der Waals surface area contributed by atoms with Crippen LogP contribution in [0.25, 0.3) is 0 Å². The number of aryl methyl sites for hydroxylation is 1. The molecule has 3 N–H and O–H groups in total. The Morgan fingerprint density at radius 2 is 2.29 bits per heavy atom. The smallest absolute Gasteiger partial charge is 0.146 e. The Morgan fingerprint density at radius 1 is 1.47 bits per heavy atom. The Balaban J connectivity index is 2.10. The molecule has 0 saturated heterocycles. The van der Waals surface area contributed by atoms with E-state index in [1.165, 1.54) is 16.8 Å². The van der Waals surface area contributed by atoms with Crippen molar-refractivity contribution in [3.05, 3.63) is 32.7 Å². The molecule has 0 fully saturated rings. The van der Waals surface area contributed by atoms with Gasteiger partial charge in [-0.05, 0) is 39.4 Å². The fraction of sp³-hybridized carbons (Fsp3) is 0.273. The summed E-state index contributed by atoms with van der Waals surface area (Å²) in [5.41, 5.74) is 7.07. The summed E-state index contributed by atoms with van der Waals surface area (Å²) in [4.78, 5) is 9.38. The SMILES string of the molecule is CCc1ccsc1CNc1ncnc(N)c1Br. The Hall–Kier alpha value is -1.14. The van der Waals surface area contributed by atoms with Crippen molar-refractivity contribution >= 4 is 38.9 Å². The van der Waals surface area contributed by atoms with Crippen LogP contribution in [0.3, 0.4) is 0 Å². The van der Waals surface area contributed by atoms with E-state index < -0.39 is 0 Å². The molecule has 90 valence electrons. The van der Waals surface area contributed by atoms with Gasteiger partial charge >= 0.3 is 0 Å². The summed E-state index contributed by atoms with van der Waals surface area (Å²) in [6.07, 6.45) is 2.51. The number of hydrogen-bond acceptors (Lipinski definition) is 5. The summed E-state index contributed by atoms with van der Waals surface area (Å²) >= 11 is 5.12. The second-order valence-corrected chi connectivity index (χ2v) is 5.29. The van der Waals surface area contributed by atoms with Crippen LogP contribution in [0.15, 0.2) is 22.2 Å². The monoisotopic (exact) mass is 312 g/mol. The van der Waals surface area contributed by atoms with Gasteiger partial charge in [0.15, 0.2) is 0 Å². The van der Waals surface area contributed by atoms with Crippen molar-refractivity contribution < 1.29 is 0 Å². The van der Waals surface area contributed by atoms with Crippen molar-refractivity contribution in [1.29, 1.82) is 0 Å². The second kappa shape index (κ2) is 5.46. The highest BCUT2D eigenvalue weighted by atomic mass is 79.9. The highest BCUT2D eigenvalue weighted by Crippen LogP contribution is 2.25. The molecule has 0 aliphatic carbocycles. The largest absolute Gasteiger partial charge is 0.383 e. The Kier molecular flexibility index (Phi) is 3.96. The van der Waals surface area contributed by atoms with E-state index in [4.69, 9.17) is 5.73 Å². The molecule has 0 radical (unpaired) electrons. The van der Waals surface area contributed by atoms with Crippen molar-refractivity contribution in [3.8, 4) is 0 Å². The molecule has 0 unspecified atom stereocenters. The number of halogens is 1. The summed E-state index contributed by atoms with van der Waals surface area (Å²) in [7, 11) is 0. The fourth-order valence-corrected chi connectivity index (χ4v) is 2.77. The molecule has 4 nitrogen and oxygen atoms in total. The van der Waals surface area contributed by atoms with Crippen LogP contribution in [0.2, 0.25) is 0 Å². The van der Waals surface area contributed by atoms with Gasteiger partial charge in [0.25, 0.3) is 0 Å². The number of nitrogens with one attached hydrogen (secondary N) is 1. The summed E-state index contributed by atoms with van der Waals surface area (Å²) in [5, 5.41) is 5.37. The Labute approximate surface area is 112 Å². The van der Waals surface area contributed by atoms with Crippen LogP contribution in [0, 0.1) is 0 Å². The van der Waals surface area contributed by atoms with Gasteiger partial charge in [0.1, 0.15) is 22.4 Å². The lowest BCUT2D eigenvalue weighted by Gasteiger charge is -2.08. The van der Waals surface area contributed by atoms with Crippen LogP contribution in [-0.4, -0.2) is 9.97 Å². The maximum atomic E-state index is 5.69. The minimum atomic E-state index is 0.449. The van der Waals surface area contributed by atoms with E-state index in [0.29, 0.717) is 5.82 Å². The topological polar surface area (TPSA) is 63.8 Å². The van der Waals surface area contributed by atoms with Crippen molar-refractivity contribution in [3.63, 3.8) is 0 Å². The highest BCUT2D eigenvalue weighted by molar-refractivity contribution is 9.10. The van der Waals surface area contributed by atoms with Crippen LogP contribution in [0.1, 0.15) is 17.4 Å². The number of nitrogens with two attached hydrogens (primary N) is 1. The van der Waals surface area contributed by atoms with E-state index >= 15 is 0 Å². The predicted octanol–water partition coefficient (Wildman–Crippen LogP) is 3.06. The average molecular weight is 313 g/mol. The lowest BCUT2D eigenvalue weighted by atomic mass is 10.2. The van der Waals surface area contributed by atoms with E-state index in [1.54, 1.807) is 11.3 Å². The number of nitrogens with zero attached hydrogens (tertiary/aromatic N) is 2. The molecule has 0 aromatic carbocycles. The molecule has 0 aliphatic heterocycles. The molecule has 2 rings (SSSR count). The zero-order chi connectivity index (χ0) is 12.3. The fourth-order valence-electron chi connectivity index (χ4n) is 1.51. The number of nitrogen functional groups attached to an aromatic ring is 1. The van der Waals surface area contributed by atoms with E-state index in [9.17, 15) is 0 Å². The summed E-state index contributed by atoms with van der Waals surface area (Å²) in [6.45, 7) is 2.92. The number of anilines is 2. The minimum absolute atomic E-state index is 0.449. The molecule has 0 aliphatic rings. The number of hydrogen-bond donors (Lipinski definition) is 2. The zero-order valence-electron chi connectivity index (χ0n) is 9.40. The standard InChI is InChI=1S/C11H13BrN4S/c1-2-7-3-4-17-8(7)5-14-11-9(12)10(13)15-6-16-11/h3-4,6H,2,5H2,1H3,(H3,13,14,15,16). The molecule has 0 bridgehead atoms. The van der Waals surface area contributed by atoms with Gasteiger partial charge in [-0.2, -0.15) is 0 Å². The van der Waals surface area contributed by atoms with Crippen LogP contribution in [-0.2, 0) is 13.0 Å². The third kappa shape index (κ3) is 2.76. The minimum Gasteiger partial charge on any atom is -0.383 e. The lowest BCUT2D eigenvalue weighted by molar-refractivity contribution is 1.05. The first kappa shape index (κ1) is 12.3. The van der Waals surface area contributed by atoms with Gasteiger partial charge < -0.3 is 11.1 Å². The first-order valence-corrected chi connectivity index (χ1v) is 6.94. The van der Waals surface area contributed by atoms with E-state index in [-0.39, 0.29) is 0 Å².